The number of aliphatic hydroxyl groups is 2. The van der Waals surface area contributed by atoms with E-state index < -0.39 is 17.1 Å². The van der Waals surface area contributed by atoms with Crippen LogP contribution in [0.25, 0.3) is 6.08 Å². The molecule has 1 aromatic carbocycles. The molecule has 1 aliphatic carbocycles. The zero-order valence-corrected chi connectivity index (χ0v) is 13.9. The average Bonchev–Trinajstić information content (AvgIpc) is 3.03. The van der Waals surface area contributed by atoms with Crippen LogP contribution in [0.2, 0.25) is 5.02 Å². The summed E-state index contributed by atoms with van der Waals surface area (Å²) in [6.07, 6.45) is 4.63. The largest absolute Gasteiger partial charge is 0.389 e. The summed E-state index contributed by atoms with van der Waals surface area (Å²) < 4.78 is 1.59. The third-order valence-electron chi connectivity index (χ3n) is 4.71. The van der Waals surface area contributed by atoms with E-state index in [4.69, 9.17) is 11.6 Å². The summed E-state index contributed by atoms with van der Waals surface area (Å²) >= 11 is 5.92. The second-order valence-corrected chi connectivity index (χ2v) is 7.14. The molecule has 0 saturated heterocycles. The Morgan fingerprint density at radius 2 is 2.04 bits per heavy atom. The molecule has 3 rings (SSSR count). The van der Waals surface area contributed by atoms with E-state index in [0.717, 1.165) is 5.56 Å². The summed E-state index contributed by atoms with van der Waals surface area (Å²) in [6, 6.07) is 7.31. The van der Waals surface area contributed by atoms with Crippen LogP contribution in [0.4, 0.5) is 0 Å². The summed E-state index contributed by atoms with van der Waals surface area (Å²) in [4.78, 5) is 3.92. The van der Waals surface area contributed by atoms with Crippen molar-refractivity contribution in [1.82, 2.24) is 14.8 Å². The van der Waals surface area contributed by atoms with Gasteiger partial charge in [-0.15, -0.1) is 0 Å². The summed E-state index contributed by atoms with van der Waals surface area (Å²) in [6.45, 7) is 4.15. The highest BCUT2D eigenvalue weighted by Gasteiger charge is 2.55. The van der Waals surface area contributed by atoms with Gasteiger partial charge in [0, 0.05) is 10.4 Å². The van der Waals surface area contributed by atoms with E-state index in [0.29, 0.717) is 17.0 Å². The maximum Gasteiger partial charge on any atom is 0.137 e. The Morgan fingerprint density at radius 3 is 2.65 bits per heavy atom. The molecule has 1 heterocycles. The van der Waals surface area contributed by atoms with Crippen LogP contribution < -0.4 is 0 Å². The predicted molar refractivity (Wildman–Crippen MR) is 88.8 cm³/mol. The standard InChI is InChI=1S/C17H20ClN3O2/c1-16(2)8-15(22)14(7-12-3-5-13(18)6-4-12)17(16,23)9-21-11-19-10-20-21/h3-7,10-11,15,22-23H,8-9H2,1-2H3/b14-7+/t15-,17+/m1/s1. The molecule has 5 nitrogen and oxygen atoms in total. The molecule has 1 aliphatic rings. The number of aliphatic hydroxyl groups excluding tert-OH is 1. The van der Waals surface area contributed by atoms with E-state index >= 15 is 0 Å². The number of halogens is 1. The predicted octanol–water partition coefficient (Wildman–Crippen LogP) is 2.54. The van der Waals surface area contributed by atoms with Gasteiger partial charge in [0.1, 0.15) is 18.3 Å². The summed E-state index contributed by atoms with van der Waals surface area (Å²) in [5.74, 6) is 0. The number of hydrogen-bond donors (Lipinski definition) is 2. The van der Waals surface area contributed by atoms with Crippen LogP contribution in [0.1, 0.15) is 25.8 Å². The lowest BCUT2D eigenvalue weighted by Crippen LogP contribution is -2.45. The fourth-order valence-corrected chi connectivity index (χ4v) is 3.36. The van der Waals surface area contributed by atoms with Crippen LogP contribution in [0.5, 0.6) is 0 Å². The van der Waals surface area contributed by atoms with Crippen molar-refractivity contribution >= 4 is 17.7 Å². The average molecular weight is 334 g/mol. The molecule has 1 fully saturated rings. The van der Waals surface area contributed by atoms with Gasteiger partial charge in [-0.25, -0.2) is 9.67 Å². The number of aromatic nitrogens is 3. The Hall–Kier alpha value is -1.69. The molecule has 2 aromatic rings. The summed E-state index contributed by atoms with van der Waals surface area (Å²) in [7, 11) is 0. The molecule has 2 N–H and O–H groups in total. The second kappa shape index (κ2) is 5.74. The number of rotatable bonds is 3. The van der Waals surface area contributed by atoms with E-state index in [2.05, 4.69) is 10.1 Å². The first-order valence-electron chi connectivity index (χ1n) is 7.52. The molecule has 0 unspecified atom stereocenters. The van der Waals surface area contributed by atoms with E-state index in [1.54, 1.807) is 23.1 Å². The maximum atomic E-state index is 11.4. The third kappa shape index (κ3) is 2.92. The van der Waals surface area contributed by atoms with Gasteiger partial charge in [-0.2, -0.15) is 5.10 Å². The molecule has 122 valence electrons. The lowest BCUT2D eigenvalue weighted by atomic mass is 9.76. The topological polar surface area (TPSA) is 71.2 Å². The molecule has 0 bridgehead atoms. The Labute approximate surface area is 140 Å². The van der Waals surface area contributed by atoms with Crippen molar-refractivity contribution in [2.24, 2.45) is 5.41 Å². The zero-order chi connectivity index (χ0) is 16.7. The van der Waals surface area contributed by atoms with Gasteiger partial charge in [0.05, 0.1) is 12.6 Å². The Balaban J connectivity index is 2.03. The minimum Gasteiger partial charge on any atom is -0.389 e. The fraction of sp³-hybridized carbons (Fsp3) is 0.412. The highest BCUT2D eigenvalue weighted by molar-refractivity contribution is 6.30. The van der Waals surface area contributed by atoms with Crippen LogP contribution in [-0.4, -0.2) is 36.7 Å². The lowest BCUT2D eigenvalue weighted by Gasteiger charge is -2.37. The Kier molecular flexibility index (Phi) is 4.04. The van der Waals surface area contributed by atoms with Crippen LogP contribution in [0.15, 0.2) is 42.5 Å². The van der Waals surface area contributed by atoms with Gasteiger partial charge < -0.3 is 10.2 Å². The van der Waals surface area contributed by atoms with Gasteiger partial charge >= 0.3 is 0 Å². The van der Waals surface area contributed by atoms with E-state index in [1.807, 2.05) is 32.1 Å². The second-order valence-electron chi connectivity index (χ2n) is 6.71. The van der Waals surface area contributed by atoms with Gasteiger partial charge in [-0.05, 0) is 29.7 Å². The molecule has 0 spiro atoms. The molecule has 2 atom stereocenters. The van der Waals surface area contributed by atoms with Gasteiger partial charge in [-0.3, -0.25) is 0 Å². The first-order chi connectivity index (χ1) is 10.8. The van der Waals surface area contributed by atoms with Gasteiger partial charge in [0.25, 0.3) is 0 Å². The highest BCUT2D eigenvalue weighted by Crippen LogP contribution is 2.50. The number of hydrogen-bond acceptors (Lipinski definition) is 4. The van der Waals surface area contributed by atoms with Crippen molar-refractivity contribution in [1.29, 1.82) is 0 Å². The molecule has 0 aliphatic heterocycles. The van der Waals surface area contributed by atoms with Crippen LogP contribution in [0.3, 0.4) is 0 Å². The van der Waals surface area contributed by atoms with Crippen molar-refractivity contribution < 1.29 is 10.2 Å². The van der Waals surface area contributed by atoms with Gasteiger partial charge in [0.15, 0.2) is 0 Å². The third-order valence-corrected chi connectivity index (χ3v) is 4.96. The van der Waals surface area contributed by atoms with E-state index in [1.165, 1.54) is 6.33 Å². The number of benzene rings is 1. The lowest BCUT2D eigenvalue weighted by molar-refractivity contribution is -0.0298. The van der Waals surface area contributed by atoms with Crippen LogP contribution >= 0.6 is 11.6 Å². The molecule has 23 heavy (non-hydrogen) atoms. The molecule has 1 aromatic heterocycles. The van der Waals surface area contributed by atoms with Crippen LogP contribution in [-0.2, 0) is 6.54 Å². The van der Waals surface area contributed by atoms with Crippen molar-refractivity contribution in [2.45, 2.75) is 38.5 Å². The summed E-state index contributed by atoms with van der Waals surface area (Å²) in [5, 5.41) is 26.6. The van der Waals surface area contributed by atoms with Crippen LogP contribution in [0, 0.1) is 5.41 Å². The number of nitrogens with zero attached hydrogens (tertiary/aromatic N) is 3. The normalized spacial score (nSPS) is 28.4. The van der Waals surface area contributed by atoms with E-state index in [9.17, 15) is 10.2 Å². The minimum atomic E-state index is -1.21. The maximum absolute atomic E-state index is 11.4. The van der Waals surface area contributed by atoms with Crippen molar-refractivity contribution in [3.63, 3.8) is 0 Å². The quantitative estimate of drug-likeness (QED) is 0.905. The summed E-state index contributed by atoms with van der Waals surface area (Å²) in [5.41, 5.74) is -0.213. The van der Waals surface area contributed by atoms with E-state index in [-0.39, 0.29) is 6.54 Å². The van der Waals surface area contributed by atoms with Crippen molar-refractivity contribution in [3.05, 3.63) is 53.1 Å². The zero-order valence-electron chi connectivity index (χ0n) is 13.1. The SMILES string of the molecule is CC1(C)C[C@@H](O)/C(=C\c2ccc(Cl)cc2)[C@@]1(O)Cn1cncn1. The Morgan fingerprint density at radius 1 is 1.35 bits per heavy atom. The molecule has 0 amide bonds. The molecular formula is C17H20ClN3O2. The molecule has 0 radical (unpaired) electrons. The van der Waals surface area contributed by atoms with Crippen molar-refractivity contribution in [2.75, 3.05) is 0 Å². The van der Waals surface area contributed by atoms with Gasteiger partial charge in [0.2, 0.25) is 0 Å². The molecule has 1 saturated carbocycles. The minimum absolute atomic E-state index is 0.247. The molecule has 6 heteroatoms. The highest BCUT2D eigenvalue weighted by atomic mass is 35.5. The van der Waals surface area contributed by atoms with Crippen molar-refractivity contribution in [3.8, 4) is 0 Å². The molecular weight excluding hydrogens is 314 g/mol. The first-order valence-corrected chi connectivity index (χ1v) is 7.90. The van der Waals surface area contributed by atoms with Gasteiger partial charge in [-0.1, -0.05) is 43.7 Å². The monoisotopic (exact) mass is 333 g/mol. The first kappa shape index (κ1) is 16.2. The Bertz CT molecular complexity index is 710. The smallest absolute Gasteiger partial charge is 0.137 e. The fourth-order valence-electron chi connectivity index (χ4n) is 3.24.